The second kappa shape index (κ2) is 3.51. The van der Waals surface area contributed by atoms with Crippen molar-refractivity contribution in [2.45, 2.75) is 18.2 Å². The van der Waals surface area contributed by atoms with E-state index in [0.717, 1.165) is 6.42 Å². The Balaban J connectivity index is 3.09. The Morgan fingerprint density at radius 1 is 1.42 bits per heavy atom. The predicted molar refractivity (Wildman–Crippen MR) is 53.8 cm³/mol. The summed E-state index contributed by atoms with van der Waals surface area (Å²) in [6.45, 7) is 2.06. The standard InChI is InChI=1S/C8H11NOS2/c1-2-7-3-5-8(6-4-7)12(9,10)11/h3-6H,2H2,1H3,(H2,9,10,11). The highest BCUT2D eigenvalue weighted by Crippen LogP contribution is 2.08. The molecule has 2 N–H and O–H groups in total. The van der Waals surface area contributed by atoms with Gasteiger partial charge in [-0.25, -0.2) is 9.35 Å². The van der Waals surface area contributed by atoms with E-state index in [1.807, 2.05) is 12.1 Å². The lowest BCUT2D eigenvalue weighted by Gasteiger charge is -2.01. The maximum atomic E-state index is 11.2. The van der Waals surface area contributed by atoms with Crippen LogP contribution in [0.4, 0.5) is 0 Å². The summed E-state index contributed by atoms with van der Waals surface area (Å²) >= 11 is 4.64. The third-order valence-electron chi connectivity index (χ3n) is 1.66. The van der Waals surface area contributed by atoms with Crippen molar-refractivity contribution in [2.75, 3.05) is 0 Å². The third-order valence-corrected chi connectivity index (χ3v) is 3.17. The summed E-state index contributed by atoms with van der Waals surface area (Å²) in [5, 5.41) is 5.29. The highest BCUT2D eigenvalue weighted by molar-refractivity contribution is 8.31. The first kappa shape index (κ1) is 9.64. The van der Waals surface area contributed by atoms with Crippen LogP contribution in [0, 0.1) is 0 Å². The molecule has 1 aromatic carbocycles. The summed E-state index contributed by atoms with van der Waals surface area (Å²) in [4.78, 5) is 0.537. The zero-order chi connectivity index (χ0) is 9.19. The van der Waals surface area contributed by atoms with Gasteiger partial charge in [-0.2, -0.15) is 0 Å². The summed E-state index contributed by atoms with van der Waals surface area (Å²) in [7, 11) is -2.69. The lowest BCUT2D eigenvalue weighted by Crippen LogP contribution is -2.10. The minimum atomic E-state index is -2.69. The van der Waals surface area contributed by atoms with Crippen LogP contribution in [0.1, 0.15) is 12.5 Å². The van der Waals surface area contributed by atoms with E-state index in [1.54, 1.807) is 12.1 Å². The second-order valence-electron chi connectivity index (χ2n) is 2.54. The molecule has 0 aliphatic rings. The lowest BCUT2D eigenvalue weighted by atomic mass is 10.2. The van der Waals surface area contributed by atoms with Gasteiger partial charge in [-0.15, -0.1) is 0 Å². The second-order valence-corrected chi connectivity index (χ2v) is 5.59. The van der Waals surface area contributed by atoms with Gasteiger partial charge in [0.2, 0.25) is 0 Å². The van der Waals surface area contributed by atoms with Crippen LogP contribution < -0.4 is 5.14 Å². The summed E-state index contributed by atoms with van der Waals surface area (Å²) in [6.07, 6.45) is 0.962. The number of aryl methyl sites for hydroxylation is 1. The average molecular weight is 201 g/mol. The molecule has 0 spiro atoms. The first-order chi connectivity index (χ1) is 5.54. The molecule has 1 rings (SSSR count). The molecule has 0 bridgehead atoms. The molecule has 0 amide bonds. The van der Waals surface area contributed by atoms with Crippen LogP contribution in [0.25, 0.3) is 0 Å². The van der Waals surface area contributed by atoms with Crippen molar-refractivity contribution in [3.05, 3.63) is 29.8 Å². The Kier molecular flexibility index (Phi) is 2.82. The molecule has 0 aromatic heterocycles. The van der Waals surface area contributed by atoms with Gasteiger partial charge in [0.15, 0.2) is 0 Å². The van der Waals surface area contributed by atoms with Crippen molar-refractivity contribution in [3.8, 4) is 0 Å². The quantitative estimate of drug-likeness (QED) is 0.782. The Hall–Kier alpha value is -0.450. The molecule has 66 valence electrons. The van der Waals surface area contributed by atoms with Gasteiger partial charge in [-0.3, -0.25) is 0 Å². The number of rotatable bonds is 2. The third kappa shape index (κ3) is 2.27. The molecule has 1 unspecified atom stereocenters. The number of hydrogen-bond donors (Lipinski definition) is 1. The van der Waals surface area contributed by atoms with Gasteiger partial charge in [0, 0.05) is 11.2 Å². The molecule has 0 aliphatic carbocycles. The molecule has 0 heterocycles. The molecule has 2 nitrogen and oxygen atoms in total. The number of benzene rings is 1. The monoisotopic (exact) mass is 201 g/mol. The van der Waals surface area contributed by atoms with Crippen molar-refractivity contribution in [2.24, 2.45) is 5.14 Å². The van der Waals surface area contributed by atoms with Crippen LogP contribution in [-0.4, -0.2) is 4.21 Å². The van der Waals surface area contributed by atoms with Crippen LogP contribution in [-0.2, 0) is 26.3 Å². The Morgan fingerprint density at radius 2 is 1.92 bits per heavy atom. The fraction of sp³-hybridized carbons (Fsp3) is 0.250. The number of nitrogens with two attached hydrogens (primary N) is 1. The first-order valence-electron chi connectivity index (χ1n) is 3.66. The van der Waals surface area contributed by atoms with Gasteiger partial charge in [-0.05, 0) is 24.1 Å². The van der Waals surface area contributed by atoms with Gasteiger partial charge in [0.25, 0.3) is 0 Å². The molecular formula is C8H11NOS2. The molecule has 1 aromatic rings. The smallest absolute Gasteiger partial charge is 0.116 e. The summed E-state index contributed by atoms with van der Waals surface area (Å²) < 4.78 is 11.2. The van der Waals surface area contributed by atoms with E-state index >= 15 is 0 Å². The van der Waals surface area contributed by atoms with Crippen LogP contribution in [0.2, 0.25) is 0 Å². The van der Waals surface area contributed by atoms with E-state index in [4.69, 9.17) is 5.14 Å². The molecule has 12 heavy (non-hydrogen) atoms. The van der Waals surface area contributed by atoms with Crippen LogP contribution in [0.5, 0.6) is 0 Å². The van der Waals surface area contributed by atoms with E-state index in [-0.39, 0.29) is 0 Å². The fourth-order valence-corrected chi connectivity index (χ4v) is 1.76. The maximum Gasteiger partial charge on any atom is 0.116 e. The van der Waals surface area contributed by atoms with Crippen LogP contribution in [0.15, 0.2) is 29.2 Å². The van der Waals surface area contributed by atoms with Gasteiger partial charge < -0.3 is 0 Å². The van der Waals surface area contributed by atoms with E-state index < -0.39 is 8.68 Å². The van der Waals surface area contributed by atoms with Gasteiger partial charge in [0.05, 0.1) is 4.90 Å². The highest BCUT2D eigenvalue weighted by atomic mass is 32.8. The zero-order valence-corrected chi connectivity index (χ0v) is 8.45. The molecule has 0 saturated heterocycles. The molecule has 0 saturated carbocycles. The van der Waals surface area contributed by atoms with Crippen molar-refractivity contribution in [1.29, 1.82) is 0 Å². The number of hydrogen-bond acceptors (Lipinski definition) is 2. The van der Waals surface area contributed by atoms with Gasteiger partial charge in [-0.1, -0.05) is 19.1 Å². The molecule has 1 atom stereocenters. The van der Waals surface area contributed by atoms with E-state index in [0.29, 0.717) is 4.90 Å². The van der Waals surface area contributed by atoms with Crippen molar-refractivity contribution < 1.29 is 4.21 Å². The topological polar surface area (TPSA) is 43.1 Å². The minimum absolute atomic E-state index is 0.537. The first-order valence-corrected chi connectivity index (χ1v) is 6.20. The van der Waals surface area contributed by atoms with Crippen LogP contribution in [0.3, 0.4) is 0 Å². The van der Waals surface area contributed by atoms with E-state index in [2.05, 4.69) is 18.1 Å². The Bertz CT molecular complexity index is 353. The lowest BCUT2D eigenvalue weighted by molar-refractivity contribution is 0.683. The SMILES string of the molecule is CCc1ccc(S(N)(=O)=S)cc1. The fourth-order valence-electron chi connectivity index (χ4n) is 0.915. The molecular weight excluding hydrogens is 190 g/mol. The van der Waals surface area contributed by atoms with Gasteiger partial charge in [0.1, 0.15) is 8.68 Å². The van der Waals surface area contributed by atoms with Crippen molar-refractivity contribution >= 4 is 19.9 Å². The van der Waals surface area contributed by atoms with Crippen molar-refractivity contribution in [1.82, 2.24) is 0 Å². The summed E-state index contributed by atoms with van der Waals surface area (Å²) in [5.74, 6) is 0. The Morgan fingerprint density at radius 3 is 2.25 bits per heavy atom. The minimum Gasteiger partial charge on any atom is -0.247 e. The van der Waals surface area contributed by atoms with E-state index in [9.17, 15) is 4.21 Å². The normalized spacial score (nSPS) is 15.5. The molecule has 0 radical (unpaired) electrons. The van der Waals surface area contributed by atoms with E-state index in [1.165, 1.54) is 5.56 Å². The van der Waals surface area contributed by atoms with Crippen molar-refractivity contribution in [3.63, 3.8) is 0 Å². The predicted octanol–water partition coefficient (Wildman–Crippen LogP) is 1.23. The molecule has 4 heteroatoms. The zero-order valence-electron chi connectivity index (χ0n) is 6.82. The Labute approximate surface area is 77.6 Å². The molecule has 0 aliphatic heterocycles. The molecule has 0 fully saturated rings. The summed E-state index contributed by atoms with van der Waals surface area (Å²) in [6, 6.07) is 7.25. The highest BCUT2D eigenvalue weighted by Gasteiger charge is 2.01. The average Bonchev–Trinajstić information content (AvgIpc) is 2.03. The van der Waals surface area contributed by atoms with Gasteiger partial charge >= 0.3 is 0 Å². The maximum absolute atomic E-state index is 11.2. The largest absolute Gasteiger partial charge is 0.247 e. The van der Waals surface area contributed by atoms with Crippen LogP contribution >= 0.6 is 0 Å². The summed E-state index contributed by atoms with van der Waals surface area (Å²) in [5.41, 5.74) is 1.19.